The molecule has 162 valence electrons. The van der Waals surface area contributed by atoms with Crippen LogP contribution in [0.4, 0.5) is 4.79 Å². The summed E-state index contributed by atoms with van der Waals surface area (Å²) in [5, 5.41) is 4.22. The average Bonchev–Trinajstić information content (AvgIpc) is 3.24. The molecule has 31 heavy (non-hydrogen) atoms. The fourth-order valence-electron chi connectivity index (χ4n) is 4.65. The van der Waals surface area contributed by atoms with Crippen molar-refractivity contribution in [3.05, 3.63) is 70.3 Å². The van der Waals surface area contributed by atoms with E-state index in [0.717, 1.165) is 28.0 Å². The molecule has 2 heterocycles. The van der Waals surface area contributed by atoms with E-state index in [9.17, 15) is 9.59 Å². The standard InChI is InChI=1S/C25H28N2O4/c1-15-11-16(2)22(17(3)12-15)19-14-20(31-26-19)23(28)27-21(25(4,5)30-24(27)29)13-18-9-7-6-8-10-18/h6-12,20-21H,13-14H2,1-5H3/t20-,21-/m1/s1. The Morgan fingerprint density at radius 1 is 1.13 bits per heavy atom. The zero-order chi connectivity index (χ0) is 22.3. The highest BCUT2D eigenvalue weighted by Crippen LogP contribution is 2.34. The summed E-state index contributed by atoms with van der Waals surface area (Å²) in [7, 11) is 0. The van der Waals surface area contributed by atoms with Gasteiger partial charge in [0.25, 0.3) is 5.91 Å². The molecule has 0 bridgehead atoms. The van der Waals surface area contributed by atoms with E-state index in [1.165, 1.54) is 10.5 Å². The maximum absolute atomic E-state index is 13.4. The lowest BCUT2D eigenvalue weighted by Gasteiger charge is -2.28. The van der Waals surface area contributed by atoms with Crippen LogP contribution in [0.15, 0.2) is 47.6 Å². The molecule has 1 saturated heterocycles. The van der Waals surface area contributed by atoms with Gasteiger partial charge in [0.05, 0.1) is 11.8 Å². The number of ether oxygens (including phenoxy) is 1. The molecular weight excluding hydrogens is 392 g/mol. The number of oxime groups is 1. The molecule has 0 saturated carbocycles. The highest BCUT2D eigenvalue weighted by Gasteiger charge is 2.52. The summed E-state index contributed by atoms with van der Waals surface area (Å²) in [5.41, 5.74) is 5.34. The number of benzene rings is 2. The van der Waals surface area contributed by atoms with E-state index in [0.29, 0.717) is 12.8 Å². The van der Waals surface area contributed by atoms with E-state index >= 15 is 0 Å². The minimum Gasteiger partial charge on any atom is -0.441 e. The normalized spacial score (nSPS) is 22.2. The number of nitrogens with zero attached hydrogens (tertiary/aromatic N) is 2. The van der Waals surface area contributed by atoms with Crippen LogP contribution < -0.4 is 0 Å². The predicted molar refractivity (Wildman–Crippen MR) is 118 cm³/mol. The van der Waals surface area contributed by atoms with Crippen LogP contribution in [0.2, 0.25) is 0 Å². The lowest BCUT2D eigenvalue weighted by Crippen LogP contribution is -2.49. The molecule has 2 aliphatic heterocycles. The van der Waals surface area contributed by atoms with Crippen LogP contribution in [0.1, 0.15) is 48.1 Å². The molecule has 0 radical (unpaired) electrons. The van der Waals surface area contributed by atoms with Gasteiger partial charge in [-0.25, -0.2) is 9.69 Å². The minimum atomic E-state index is -0.838. The molecule has 1 fully saturated rings. The van der Waals surface area contributed by atoms with Crippen molar-refractivity contribution in [2.45, 2.75) is 65.2 Å². The molecule has 6 nitrogen and oxygen atoms in total. The summed E-state index contributed by atoms with van der Waals surface area (Å²) in [6, 6.07) is 13.6. The van der Waals surface area contributed by atoms with Crippen molar-refractivity contribution in [1.29, 1.82) is 0 Å². The minimum absolute atomic E-state index is 0.325. The van der Waals surface area contributed by atoms with Crippen LogP contribution in [-0.2, 0) is 20.8 Å². The maximum atomic E-state index is 13.4. The predicted octanol–water partition coefficient (Wildman–Crippen LogP) is 4.47. The molecule has 2 aromatic rings. The SMILES string of the molecule is Cc1cc(C)c(C2=NO[C@@H](C(=O)N3C(=O)OC(C)(C)[C@H]3Cc3ccccc3)C2)c(C)c1. The monoisotopic (exact) mass is 420 g/mol. The first-order valence-corrected chi connectivity index (χ1v) is 10.6. The Morgan fingerprint density at radius 2 is 1.77 bits per heavy atom. The number of amides is 2. The Balaban J connectivity index is 1.55. The van der Waals surface area contributed by atoms with Crippen molar-refractivity contribution in [3.8, 4) is 0 Å². The molecule has 0 spiro atoms. The van der Waals surface area contributed by atoms with Crippen LogP contribution in [-0.4, -0.2) is 40.4 Å². The van der Waals surface area contributed by atoms with Gasteiger partial charge in [-0.1, -0.05) is 53.2 Å². The number of carbonyl (C=O) groups excluding carboxylic acids is 2. The quantitative estimate of drug-likeness (QED) is 0.732. The van der Waals surface area contributed by atoms with Gasteiger partial charge < -0.3 is 9.57 Å². The van der Waals surface area contributed by atoms with Crippen LogP contribution in [0.3, 0.4) is 0 Å². The first-order chi connectivity index (χ1) is 14.7. The first-order valence-electron chi connectivity index (χ1n) is 10.6. The number of rotatable bonds is 4. The number of hydrogen-bond acceptors (Lipinski definition) is 5. The molecule has 0 N–H and O–H groups in total. The second-order valence-corrected chi connectivity index (χ2v) is 9.00. The lowest BCUT2D eigenvalue weighted by atomic mass is 9.91. The fraction of sp³-hybridized carbons (Fsp3) is 0.400. The van der Waals surface area contributed by atoms with Gasteiger partial charge in [0.15, 0.2) is 0 Å². The zero-order valence-electron chi connectivity index (χ0n) is 18.6. The van der Waals surface area contributed by atoms with Crippen molar-refractivity contribution < 1.29 is 19.2 Å². The van der Waals surface area contributed by atoms with Gasteiger partial charge in [-0.15, -0.1) is 0 Å². The van der Waals surface area contributed by atoms with Gasteiger partial charge in [0, 0.05) is 12.0 Å². The van der Waals surface area contributed by atoms with Gasteiger partial charge >= 0.3 is 6.09 Å². The van der Waals surface area contributed by atoms with Crippen molar-refractivity contribution in [2.75, 3.05) is 0 Å². The Morgan fingerprint density at radius 3 is 2.42 bits per heavy atom. The highest BCUT2D eigenvalue weighted by atomic mass is 16.6. The summed E-state index contributed by atoms with van der Waals surface area (Å²) in [6.07, 6.45) is -0.626. The van der Waals surface area contributed by atoms with Crippen molar-refractivity contribution >= 4 is 17.7 Å². The van der Waals surface area contributed by atoms with Gasteiger partial charge in [0.1, 0.15) is 5.60 Å². The van der Waals surface area contributed by atoms with Crippen molar-refractivity contribution in [3.63, 3.8) is 0 Å². The van der Waals surface area contributed by atoms with Crippen LogP contribution in [0, 0.1) is 20.8 Å². The van der Waals surface area contributed by atoms with Crippen molar-refractivity contribution in [1.82, 2.24) is 4.90 Å². The molecule has 0 aromatic heterocycles. The number of aryl methyl sites for hydroxylation is 3. The molecule has 2 amide bonds. The van der Waals surface area contributed by atoms with E-state index in [2.05, 4.69) is 24.2 Å². The molecule has 4 rings (SSSR count). The Labute approximate surface area is 182 Å². The molecule has 0 aliphatic carbocycles. The second kappa shape index (κ2) is 7.84. The van der Waals surface area contributed by atoms with Gasteiger partial charge in [-0.05, 0) is 57.7 Å². The molecule has 6 heteroatoms. The fourth-order valence-corrected chi connectivity index (χ4v) is 4.65. The van der Waals surface area contributed by atoms with Crippen LogP contribution >= 0.6 is 0 Å². The number of cyclic esters (lactones) is 1. The summed E-state index contributed by atoms with van der Waals surface area (Å²) < 4.78 is 5.56. The van der Waals surface area contributed by atoms with Gasteiger partial charge in [0.2, 0.25) is 6.10 Å². The Bertz CT molecular complexity index is 1040. The second-order valence-electron chi connectivity index (χ2n) is 9.00. The lowest BCUT2D eigenvalue weighted by molar-refractivity contribution is -0.140. The summed E-state index contributed by atoms with van der Waals surface area (Å²) in [5.74, 6) is -0.405. The van der Waals surface area contributed by atoms with E-state index in [1.807, 2.05) is 58.0 Å². The molecule has 2 atom stereocenters. The third-order valence-electron chi connectivity index (χ3n) is 6.08. The van der Waals surface area contributed by atoms with Crippen LogP contribution in [0.25, 0.3) is 0 Å². The van der Waals surface area contributed by atoms with Gasteiger partial charge in [-0.3, -0.25) is 4.79 Å². The first kappa shape index (κ1) is 21.1. The largest absolute Gasteiger partial charge is 0.441 e. The topological polar surface area (TPSA) is 68.2 Å². The van der Waals surface area contributed by atoms with E-state index in [1.54, 1.807) is 0 Å². The number of hydrogen-bond donors (Lipinski definition) is 0. The highest BCUT2D eigenvalue weighted by molar-refractivity contribution is 6.07. The van der Waals surface area contributed by atoms with E-state index < -0.39 is 29.7 Å². The van der Waals surface area contributed by atoms with E-state index in [-0.39, 0.29) is 0 Å². The maximum Gasteiger partial charge on any atom is 0.417 e. The molecule has 2 aromatic carbocycles. The summed E-state index contributed by atoms with van der Waals surface area (Å²) >= 11 is 0. The Kier molecular flexibility index (Phi) is 5.33. The third kappa shape index (κ3) is 3.94. The third-order valence-corrected chi connectivity index (χ3v) is 6.08. The molecular formula is C25H28N2O4. The van der Waals surface area contributed by atoms with Crippen molar-refractivity contribution in [2.24, 2.45) is 5.16 Å². The Hall–Kier alpha value is -3.15. The van der Waals surface area contributed by atoms with Crippen LogP contribution in [0.5, 0.6) is 0 Å². The molecule has 2 aliphatic rings. The average molecular weight is 421 g/mol. The number of carbonyl (C=O) groups is 2. The smallest absolute Gasteiger partial charge is 0.417 e. The number of imide groups is 1. The summed E-state index contributed by atoms with van der Waals surface area (Å²) in [4.78, 5) is 32.8. The van der Waals surface area contributed by atoms with Gasteiger partial charge in [-0.2, -0.15) is 0 Å². The zero-order valence-corrected chi connectivity index (χ0v) is 18.6. The summed E-state index contributed by atoms with van der Waals surface area (Å²) in [6.45, 7) is 9.79. The molecule has 0 unspecified atom stereocenters. The van der Waals surface area contributed by atoms with E-state index in [4.69, 9.17) is 9.57 Å².